The molecule has 1 rings (SSSR count). The van der Waals surface area contributed by atoms with Crippen molar-refractivity contribution < 1.29 is 0 Å². The van der Waals surface area contributed by atoms with Gasteiger partial charge in [0.2, 0.25) is 0 Å². The topological polar surface area (TPSA) is 58.9 Å². The lowest BCUT2D eigenvalue weighted by molar-refractivity contribution is 0.885. The van der Waals surface area contributed by atoms with E-state index in [-0.39, 0.29) is 5.56 Å². The van der Waals surface area contributed by atoms with Crippen molar-refractivity contribution in [3.05, 3.63) is 45.3 Å². The van der Waals surface area contributed by atoms with Gasteiger partial charge in [-0.15, -0.1) is 6.58 Å². The van der Waals surface area contributed by atoms with E-state index in [4.69, 9.17) is 5.73 Å². The van der Waals surface area contributed by atoms with Gasteiger partial charge in [0, 0.05) is 16.2 Å². The molecule has 0 saturated carbocycles. The SMILES string of the molecule is C=C[C@@H](N)c1cc(Br)c[nH]c1=O. The number of H-pyrrole nitrogens is 1. The summed E-state index contributed by atoms with van der Waals surface area (Å²) < 4.78 is 0.800. The average Bonchev–Trinajstić information content (AvgIpc) is 2.08. The smallest absolute Gasteiger partial charge is 0.253 e. The van der Waals surface area contributed by atoms with Crippen LogP contribution in [-0.4, -0.2) is 4.98 Å². The Kier molecular flexibility index (Phi) is 2.83. The summed E-state index contributed by atoms with van der Waals surface area (Å²) in [5, 5.41) is 0. The second kappa shape index (κ2) is 3.69. The first-order valence-electron chi connectivity index (χ1n) is 3.41. The molecule has 0 bridgehead atoms. The molecule has 1 aromatic rings. The lowest BCUT2D eigenvalue weighted by Gasteiger charge is -2.04. The van der Waals surface area contributed by atoms with Crippen LogP contribution in [-0.2, 0) is 0 Å². The zero-order valence-corrected chi connectivity index (χ0v) is 7.97. The number of aromatic nitrogens is 1. The molecule has 12 heavy (non-hydrogen) atoms. The van der Waals surface area contributed by atoms with Crippen LogP contribution < -0.4 is 11.3 Å². The van der Waals surface area contributed by atoms with Crippen LogP contribution in [0.3, 0.4) is 0 Å². The van der Waals surface area contributed by atoms with Gasteiger partial charge in [0.25, 0.3) is 5.56 Å². The van der Waals surface area contributed by atoms with E-state index in [0.717, 1.165) is 4.47 Å². The van der Waals surface area contributed by atoms with Crippen LogP contribution in [0.4, 0.5) is 0 Å². The summed E-state index contributed by atoms with van der Waals surface area (Å²) in [5.41, 5.74) is 5.94. The van der Waals surface area contributed by atoms with Crippen molar-refractivity contribution in [1.29, 1.82) is 0 Å². The van der Waals surface area contributed by atoms with E-state index in [1.807, 2.05) is 0 Å². The molecule has 0 fully saturated rings. The number of hydrogen-bond acceptors (Lipinski definition) is 2. The maximum absolute atomic E-state index is 11.2. The molecule has 0 aliphatic heterocycles. The fourth-order valence-electron chi connectivity index (χ4n) is 0.848. The molecule has 0 aliphatic rings. The number of nitrogens with one attached hydrogen (secondary N) is 1. The average molecular weight is 229 g/mol. The monoisotopic (exact) mass is 228 g/mol. The van der Waals surface area contributed by atoms with Crippen molar-refractivity contribution >= 4 is 15.9 Å². The Morgan fingerprint density at radius 3 is 3.00 bits per heavy atom. The summed E-state index contributed by atoms with van der Waals surface area (Å²) in [5.74, 6) is 0. The third-order valence-electron chi connectivity index (χ3n) is 1.51. The van der Waals surface area contributed by atoms with Gasteiger partial charge in [0.15, 0.2) is 0 Å². The normalized spacial score (nSPS) is 12.5. The predicted octanol–water partition coefficient (Wildman–Crippen LogP) is 1.32. The fourth-order valence-corrected chi connectivity index (χ4v) is 1.21. The van der Waals surface area contributed by atoms with Crippen LogP contribution in [0, 0.1) is 0 Å². The summed E-state index contributed by atoms with van der Waals surface area (Å²) in [6, 6.07) is 1.27. The largest absolute Gasteiger partial charge is 0.328 e. The van der Waals surface area contributed by atoms with E-state index in [1.165, 1.54) is 6.08 Å². The number of nitrogens with two attached hydrogens (primary N) is 1. The Hall–Kier alpha value is -0.870. The molecule has 0 saturated heterocycles. The third kappa shape index (κ3) is 1.84. The van der Waals surface area contributed by atoms with E-state index in [0.29, 0.717) is 5.56 Å². The fraction of sp³-hybridized carbons (Fsp3) is 0.125. The second-order valence-electron chi connectivity index (χ2n) is 2.36. The molecule has 0 aromatic carbocycles. The van der Waals surface area contributed by atoms with Crippen molar-refractivity contribution in [2.24, 2.45) is 5.73 Å². The lowest BCUT2D eigenvalue weighted by Crippen LogP contribution is -2.19. The quantitative estimate of drug-likeness (QED) is 0.751. The summed E-state index contributed by atoms with van der Waals surface area (Å²) in [7, 11) is 0. The van der Waals surface area contributed by atoms with Crippen molar-refractivity contribution in [3.63, 3.8) is 0 Å². The highest BCUT2D eigenvalue weighted by atomic mass is 79.9. The Labute approximate surface area is 78.4 Å². The minimum absolute atomic E-state index is 0.175. The van der Waals surface area contributed by atoms with E-state index in [1.54, 1.807) is 12.3 Å². The van der Waals surface area contributed by atoms with Gasteiger partial charge in [-0.05, 0) is 22.0 Å². The van der Waals surface area contributed by atoms with Gasteiger partial charge in [-0.25, -0.2) is 0 Å². The summed E-state index contributed by atoms with van der Waals surface area (Å²) in [6.45, 7) is 3.51. The van der Waals surface area contributed by atoms with Crippen LogP contribution in [0.5, 0.6) is 0 Å². The van der Waals surface area contributed by atoms with Crippen LogP contribution in [0.15, 0.2) is 34.2 Å². The first-order valence-corrected chi connectivity index (χ1v) is 4.20. The van der Waals surface area contributed by atoms with Crippen molar-refractivity contribution in [1.82, 2.24) is 4.98 Å². The third-order valence-corrected chi connectivity index (χ3v) is 1.97. The van der Waals surface area contributed by atoms with Crippen molar-refractivity contribution in [3.8, 4) is 0 Å². The molecular formula is C8H9BrN2O. The summed E-state index contributed by atoms with van der Waals surface area (Å²) in [6.07, 6.45) is 3.10. The van der Waals surface area contributed by atoms with Gasteiger partial charge < -0.3 is 10.7 Å². The lowest BCUT2D eigenvalue weighted by atomic mass is 10.1. The molecule has 0 radical (unpaired) electrons. The first kappa shape index (κ1) is 9.22. The molecule has 1 atom stereocenters. The Bertz CT molecular complexity index is 345. The number of aromatic amines is 1. The number of hydrogen-bond donors (Lipinski definition) is 2. The number of rotatable bonds is 2. The minimum Gasteiger partial charge on any atom is -0.328 e. The summed E-state index contributed by atoms with van der Waals surface area (Å²) >= 11 is 3.23. The van der Waals surface area contributed by atoms with E-state index < -0.39 is 6.04 Å². The minimum atomic E-state index is -0.411. The van der Waals surface area contributed by atoms with Gasteiger partial charge in [-0.3, -0.25) is 4.79 Å². The molecule has 4 heteroatoms. The van der Waals surface area contributed by atoms with Gasteiger partial charge in [-0.2, -0.15) is 0 Å². The maximum atomic E-state index is 11.2. The molecule has 1 aromatic heterocycles. The van der Waals surface area contributed by atoms with Crippen molar-refractivity contribution in [2.75, 3.05) is 0 Å². The van der Waals surface area contributed by atoms with E-state index >= 15 is 0 Å². The number of pyridine rings is 1. The van der Waals surface area contributed by atoms with Crippen LogP contribution in [0.25, 0.3) is 0 Å². The standard InChI is InChI=1S/C8H9BrN2O/c1-2-7(10)6-3-5(9)4-11-8(6)12/h2-4,7H,1,10H2,(H,11,12)/t7-/m1/s1. The molecule has 0 aliphatic carbocycles. The molecule has 0 amide bonds. The highest BCUT2D eigenvalue weighted by Crippen LogP contribution is 2.11. The molecule has 64 valence electrons. The number of halogens is 1. The molecule has 0 unspecified atom stereocenters. The van der Waals surface area contributed by atoms with Gasteiger partial charge in [0.05, 0.1) is 6.04 Å². The predicted molar refractivity (Wildman–Crippen MR) is 51.9 cm³/mol. The molecule has 3 nitrogen and oxygen atoms in total. The Balaban J connectivity index is 3.22. The van der Waals surface area contributed by atoms with Gasteiger partial charge >= 0.3 is 0 Å². The first-order chi connectivity index (χ1) is 5.65. The van der Waals surface area contributed by atoms with Gasteiger partial charge in [-0.1, -0.05) is 6.08 Å². The Morgan fingerprint density at radius 2 is 2.42 bits per heavy atom. The maximum Gasteiger partial charge on any atom is 0.253 e. The molecule has 0 spiro atoms. The van der Waals surface area contributed by atoms with Crippen LogP contribution in [0.1, 0.15) is 11.6 Å². The molecule has 3 N–H and O–H groups in total. The summed E-state index contributed by atoms with van der Waals surface area (Å²) in [4.78, 5) is 13.7. The second-order valence-corrected chi connectivity index (χ2v) is 3.28. The Morgan fingerprint density at radius 1 is 1.75 bits per heavy atom. The van der Waals surface area contributed by atoms with E-state index in [9.17, 15) is 4.79 Å². The van der Waals surface area contributed by atoms with Gasteiger partial charge in [0.1, 0.15) is 0 Å². The highest BCUT2D eigenvalue weighted by Gasteiger charge is 2.05. The molecule has 1 heterocycles. The van der Waals surface area contributed by atoms with Crippen LogP contribution in [0.2, 0.25) is 0 Å². The zero-order chi connectivity index (χ0) is 9.14. The molecular weight excluding hydrogens is 220 g/mol. The van der Waals surface area contributed by atoms with Crippen molar-refractivity contribution in [2.45, 2.75) is 6.04 Å². The van der Waals surface area contributed by atoms with Crippen LogP contribution >= 0.6 is 15.9 Å². The highest BCUT2D eigenvalue weighted by molar-refractivity contribution is 9.10. The van der Waals surface area contributed by atoms with E-state index in [2.05, 4.69) is 27.5 Å². The zero-order valence-electron chi connectivity index (χ0n) is 6.38.